The second kappa shape index (κ2) is 6.56. The molecule has 5 nitrogen and oxygen atoms in total. The van der Waals surface area contributed by atoms with Crippen LogP contribution in [0, 0.1) is 0 Å². The minimum absolute atomic E-state index is 0.118. The fourth-order valence-corrected chi connectivity index (χ4v) is 2.36. The van der Waals surface area contributed by atoms with Crippen LogP contribution >= 0.6 is 11.6 Å². The molecule has 2 heterocycles. The van der Waals surface area contributed by atoms with Crippen LogP contribution in [-0.2, 0) is 6.54 Å². The van der Waals surface area contributed by atoms with Crippen LogP contribution in [-0.4, -0.2) is 26.3 Å². The standard InChI is InChI=1S/C15H16ClN5/c16-13-4-2-12(3-5-13)14(21-9-1-6-20-21)10-17-11-15-18-7-8-19-15/h1-9,14,17H,10-11H2,(H,18,19)/t14-/m1/s1. The Morgan fingerprint density at radius 1 is 1.24 bits per heavy atom. The first-order valence-electron chi connectivity index (χ1n) is 6.76. The van der Waals surface area contributed by atoms with E-state index in [1.54, 1.807) is 12.4 Å². The SMILES string of the molecule is Clc1ccc([C@@H](CNCc2ncc[nH]2)n2cccn2)cc1. The maximum atomic E-state index is 5.96. The van der Waals surface area contributed by atoms with Gasteiger partial charge in [0.2, 0.25) is 0 Å². The van der Waals surface area contributed by atoms with Gasteiger partial charge in [-0.25, -0.2) is 4.98 Å². The number of nitrogens with zero attached hydrogens (tertiary/aromatic N) is 3. The average Bonchev–Trinajstić information content (AvgIpc) is 3.18. The summed E-state index contributed by atoms with van der Waals surface area (Å²) < 4.78 is 1.94. The van der Waals surface area contributed by atoms with Gasteiger partial charge in [-0.2, -0.15) is 5.10 Å². The van der Waals surface area contributed by atoms with Gasteiger partial charge >= 0.3 is 0 Å². The third-order valence-corrected chi connectivity index (χ3v) is 3.54. The Labute approximate surface area is 128 Å². The van der Waals surface area contributed by atoms with Crippen molar-refractivity contribution in [1.82, 2.24) is 25.1 Å². The highest BCUT2D eigenvalue weighted by molar-refractivity contribution is 6.30. The maximum absolute atomic E-state index is 5.96. The van der Waals surface area contributed by atoms with Gasteiger partial charge in [0.25, 0.3) is 0 Å². The van der Waals surface area contributed by atoms with Gasteiger partial charge in [-0.15, -0.1) is 0 Å². The molecule has 0 spiro atoms. The molecule has 0 aliphatic heterocycles. The molecule has 0 saturated carbocycles. The molecule has 0 fully saturated rings. The first-order chi connectivity index (χ1) is 10.3. The van der Waals surface area contributed by atoms with E-state index in [0.717, 1.165) is 23.0 Å². The monoisotopic (exact) mass is 301 g/mol. The van der Waals surface area contributed by atoms with Crippen molar-refractivity contribution in [2.24, 2.45) is 0 Å². The molecule has 0 radical (unpaired) electrons. The molecule has 0 amide bonds. The number of halogens is 1. The first-order valence-corrected chi connectivity index (χ1v) is 7.14. The lowest BCUT2D eigenvalue weighted by atomic mass is 10.1. The predicted octanol–water partition coefficient (Wildman–Crippen LogP) is 2.64. The fraction of sp³-hybridized carbons (Fsp3) is 0.200. The molecule has 2 aromatic heterocycles. The molecule has 108 valence electrons. The summed E-state index contributed by atoms with van der Waals surface area (Å²) in [7, 11) is 0. The summed E-state index contributed by atoms with van der Waals surface area (Å²) in [6.45, 7) is 1.45. The Hall–Kier alpha value is -2.11. The van der Waals surface area contributed by atoms with Crippen molar-refractivity contribution in [2.75, 3.05) is 6.54 Å². The Kier molecular flexibility index (Phi) is 4.33. The highest BCUT2D eigenvalue weighted by Crippen LogP contribution is 2.19. The van der Waals surface area contributed by atoms with Crippen LogP contribution in [0.2, 0.25) is 5.02 Å². The van der Waals surface area contributed by atoms with E-state index in [2.05, 4.69) is 20.4 Å². The summed E-state index contributed by atoms with van der Waals surface area (Å²) in [5, 5.41) is 8.49. The van der Waals surface area contributed by atoms with Gasteiger partial charge in [-0.1, -0.05) is 23.7 Å². The summed E-state index contributed by atoms with van der Waals surface area (Å²) in [4.78, 5) is 7.28. The molecule has 1 atom stereocenters. The van der Waals surface area contributed by atoms with E-state index in [-0.39, 0.29) is 6.04 Å². The van der Waals surface area contributed by atoms with E-state index >= 15 is 0 Å². The molecule has 0 unspecified atom stereocenters. The van der Waals surface area contributed by atoms with Crippen LogP contribution in [0.5, 0.6) is 0 Å². The maximum Gasteiger partial charge on any atom is 0.120 e. The second-order valence-corrected chi connectivity index (χ2v) is 5.16. The van der Waals surface area contributed by atoms with Gasteiger partial charge in [0.15, 0.2) is 0 Å². The highest BCUT2D eigenvalue weighted by Gasteiger charge is 2.13. The smallest absolute Gasteiger partial charge is 0.120 e. The van der Waals surface area contributed by atoms with Crippen molar-refractivity contribution in [3.05, 3.63) is 71.5 Å². The van der Waals surface area contributed by atoms with Crippen molar-refractivity contribution in [3.63, 3.8) is 0 Å². The largest absolute Gasteiger partial charge is 0.348 e. The Morgan fingerprint density at radius 3 is 2.76 bits per heavy atom. The molecule has 3 rings (SSSR count). The van der Waals surface area contributed by atoms with Crippen molar-refractivity contribution >= 4 is 11.6 Å². The summed E-state index contributed by atoms with van der Waals surface area (Å²) in [5.41, 5.74) is 1.16. The van der Waals surface area contributed by atoms with Gasteiger partial charge in [0.05, 0.1) is 12.6 Å². The average molecular weight is 302 g/mol. The number of hydrogen-bond acceptors (Lipinski definition) is 3. The van der Waals surface area contributed by atoms with Gasteiger partial charge < -0.3 is 10.3 Å². The minimum Gasteiger partial charge on any atom is -0.348 e. The third-order valence-electron chi connectivity index (χ3n) is 3.28. The van der Waals surface area contributed by atoms with Crippen LogP contribution in [0.1, 0.15) is 17.4 Å². The molecule has 0 saturated heterocycles. The zero-order valence-corrected chi connectivity index (χ0v) is 12.2. The molecule has 2 N–H and O–H groups in total. The number of nitrogens with one attached hydrogen (secondary N) is 2. The lowest BCUT2D eigenvalue weighted by molar-refractivity contribution is 0.476. The second-order valence-electron chi connectivity index (χ2n) is 4.72. The lowest BCUT2D eigenvalue weighted by Crippen LogP contribution is -2.26. The van der Waals surface area contributed by atoms with Crippen molar-refractivity contribution in [3.8, 4) is 0 Å². The summed E-state index contributed by atoms with van der Waals surface area (Å²) in [6, 6.07) is 9.91. The van der Waals surface area contributed by atoms with Crippen molar-refractivity contribution < 1.29 is 0 Å². The van der Waals surface area contributed by atoms with E-state index in [1.165, 1.54) is 0 Å². The Balaban J connectivity index is 1.72. The number of aromatic amines is 1. The van der Waals surface area contributed by atoms with E-state index in [0.29, 0.717) is 6.54 Å². The van der Waals surface area contributed by atoms with E-state index < -0.39 is 0 Å². The normalized spacial score (nSPS) is 12.4. The molecule has 0 bridgehead atoms. The molecule has 21 heavy (non-hydrogen) atoms. The van der Waals surface area contributed by atoms with E-state index in [4.69, 9.17) is 11.6 Å². The summed E-state index contributed by atoms with van der Waals surface area (Å²) in [5.74, 6) is 0.922. The topological polar surface area (TPSA) is 58.5 Å². The number of H-pyrrole nitrogens is 1. The number of imidazole rings is 1. The fourth-order valence-electron chi connectivity index (χ4n) is 2.24. The summed E-state index contributed by atoms with van der Waals surface area (Å²) in [6.07, 6.45) is 7.33. The molecule has 0 aliphatic carbocycles. The third kappa shape index (κ3) is 3.51. The first kappa shape index (κ1) is 13.9. The van der Waals surface area contributed by atoms with Crippen molar-refractivity contribution in [2.45, 2.75) is 12.6 Å². The number of hydrogen-bond donors (Lipinski definition) is 2. The molecule has 3 aromatic rings. The van der Waals surface area contributed by atoms with Crippen LogP contribution in [0.15, 0.2) is 55.1 Å². The number of aromatic nitrogens is 4. The number of benzene rings is 1. The quantitative estimate of drug-likeness (QED) is 0.736. The molecule has 0 aliphatic rings. The minimum atomic E-state index is 0.118. The van der Waals surface area contributed by atoms with Gasteiger partial charge in [0.1, 0.15) is 5.82 Å². The molecular weight excluding hydrogens is 286 g/mol. The van der Waals surface area contributed by atoms with E-state index in [1.807, 2.05) is 47.4 Å². The van der Waals surface area contributed by atoms with Crippen molar-refractivity contribution in [1.29, 1.82) is 0 Å². The van der Waals surface area contributed by atoms with E-state index in [9.17, 15) is 0 Å². The van der Waals surface area contributed by atoms with Crippen LogP contribution in [0.25, 0.3) is 0 Å². The molecular formula is C15H16ClN5. The Morgan fingerprint density at radius 2 is 2.10 bits per heavy atom. The van der Waals surface area contributed by atoms with Crippen LogP contribution < -0.4 is 5.32 Å². The zero-order chi connectivity index (χ0) is 14.5. The molecule has 6 heteroatoms. The Bertz CT molecular complexity index is 646. The highest BCUT2D eigenvalue weighted by atomic mass is 35.5. The van der Waals surface area contributed by atoms with Gasteiger partial charge in [-0.05, 0) is 23.8 Å². The van der Waals surface area contributed by atoms with Gasteiger partial charge in [-0.3, -0.25) is 4.68 Å². The van der Waals surface area contributed by atoms with Crippen LogP contribution in [0.4, 0.5) is 0 Å². The van der Waals surface area contributed by atoms with Gasteiger partial charge in [0, 0.05) is 36.4 Å². The molecule has 1 aromatic carbocycles. The lowest BCUT2D eigenvalue weighted by Gasteiger charge is -2.18. The predicted molar refractivity (Wildman–Crippen MR) is 82.1 cm³/mol. The zero-order valence-electron chi connectivity index (χ0n) is 11.4. The number of rotatable bonds is 6. The summed E-state index contributed by atoms with van der Waals surface area (Å²) >= 11 is 5.96. The van der Waals surface area contributed by atoms with Crippen LogP contribution in [0.3, 0.4) is 0 Å².